The number of pyridine rings is 1. The number of nitrogens with zero attached hydrogens (tertiary/aromatic N) is 4. The molecule has 0 saturated carbocycles. The van der Waals surface area contributed by atoms with Gasteiger partial charge in [-0.15, -0.1) is 0 Å². The SMILES string of the molecule is CCCCn1c(N2CC(C)CC(C)C2)c(/C=C2\SC(=S)N(CCc3ccccc3)C2=O)c(C)c(C#N)c1=O. The Morgan fingerprint density at radius 2 is 1.82 bits per heavy atom. The summed E-state index contributed by atoms with van der Waals surface area (Å²) in [5.41, 5.74) is 2.46. The molecule has 1 aromatic carbocycles. The summed E-state index contributed by atoms with van der Waals surface area (Å²) in [6.45, 7) is 11.1. The fraction of sp³-hybridized carbons (Fsp3) is 0.467. The molecule has 0 spiro atoms. The van der Waals surface area contributed by atoms with Crippen LogP contribution in [0.4, 0.5) is 5.82 Å². The van der Waals surface area contributed by atoms with Gasteiger partial charge in [-0.1, -0.05) is 81.5 Å². The second kappa shape index (κ2) is 12.3. The molecule has 2 fully saturated rings. The van der Waals surface area contributed by atoms with Crippen molar-refractivity contribution in [3.05, 3.63) is 67.8 Å². The number of thiocarbonyl (C=S) groups is 1. The molecule has 38 heavy (non-hydrogen) atoms. The first-order valence-corrected chi connectivity index (χ1v) is 14.7. The number of amides is 1. The molecule has 1 amide bonds. The van der Waals surface area contributed by atoms with Crippen molar-refractivity contribution in [3.8, 4) is 6.07 Å². The molecule has 8 heteroatoms. The van der Waals surface area contributed by atoms with E-state index in [1.807, 2.05) is 43.3 Å². The molecule has 2 unspecified atom stereocenters. The Kier molecular flexibility index (Phi) is 9.11. The molecule has 1 aromatic heterocycles. The third-order valence-electron chi connectivity index (χ3n) is 7.37. The molecule has 2 atom stereocenters. The second-order valence-electron chi connectivity index (χ2n) is 10.6. The first kappa shape index (κ1) is 28.1. The lowest BCUT2D eigenvalue weighted by molar-refractivity contribution is -0.122. The highest BCUT2D eigenvalue weighted by Crippen LogP contribution is 2.37. The van der Waals surface area contributed by atoms with E-state index < -0.39 is 0 Å². The molecule has 2 aliphatic rings. The van der Waals surface area contributed by atoms with Gasteiger partial charge in [-0.25, -0.2) is 0 Å². The van der Waals surface area contributed by atoms with Crippen molar-refractivity contribution in [3.63, 3.8) is 0 Å². The summed E-state index contributed by atoms with van der Waals surface area (Å²) in [6.07, 6.45) is 5.50. The quantitative estimate of drug-likeness (QED) is 0.309. The number of piperidine rings is 1. The van der Waals surface area contributed by atoms with Crippen LogP contribution in [-0.2, 0) is 17.8 Å². The molecule has 0 radical (unpaired) electrons. The van der Waals surface area contributed by atoms with Crippen LogP contribution in [-0.4, -0.2) is 39.3 Å². The minimum Gasteiger partial charge on any atom is -0.357 e. The van der Waals surface area contributed by atoms with Crippen LogP contribution in [0.25, 0.3) is 6.08 Å². The maximum Gasteiger partial charge on any atom is 0.270 e. The van der Waals surface area contributed by atoms with Gasteiger partial charge in [0.25, 0.3) is 11.5 Å². The number of anilines is 1. The van der Waals surface area contributed by atoms with Crippen molar-refractivity contribution in [2.75, 3.05) is 24.5 Å². The highest BCUT2D eigenvalue weighted by atomic mass is 32.2. The van der Waals surface area contributed by atoms with Crippen molar-refractivity contribution < 1.29 is 4.79 Å². The molecule has 3 heterocycles. The van der Waals surface area contributed by atoms with Crippen molar-refractivity contribution in [2.24, 2.45) is 11.8 Å². The zero-order valence-corrected chi connectivity index (χ0v) is 24.3. The number of carbonyl (C=O) groups is 1. The van der Waals surface area contributed by atoms with E-state index in [4.69, 9.17) is 12.2 Å². The molecule has 0 bridgehead atoms. The summed E-state index contributed by atoms with van der Waals surface area (Å²) in [5.74, 6) is 1.67. The Balaban J connectivity index is 1.79. The molecule has 0 N–H and O–H groups in total. The van der Waals surface area contributed by atoms with Crippen LogP contribution in [0.2, 0.25) is 0 Å². The van der Waals surface area contributed by atoms with E-state index >= 15 is 0 Å². The molecular weight excluding hydrogens is 512 g/mol. The number of benzene rings is 1. The average molecular weight is 549 g/mol. The highest BCUT2D eigenvalue weighted by molar-refractivity contribution is 8.26. The maximum absolute atomic E-state index is 13.5. The minimum absolute atomic E-state index is 0.119. The number of hydrogen-bond acceptors (Lipinski definition) is 6. The van der Waals surface area contributed by atoms with E-state index in [1.54, 1.807) is 9.47 Å². The lowest BCUT2D eigenvalue weighted by Crippen LogP contribution is -2.43. The largest absolute Gasteiger partial charge is 0.357 e. The van der Waals surface area contributed by atoms with Crippen molar-refractivity contribution in [2.45, 2.75) is 59.9 Å². The van der Waals surface area contributed by atoms with Gasteiger partial charge in [0.1, 0.15) is 21.8 Å². The Morgan fingerprint density at radius 1 is 1.13 bits per heavy atom. The van der Waals surface area contributed by atoms with Gasteiger partial charge in [0.2, 0.25) is 0 Å². The van der Waals surface area contributed by atoms with Gasteiger partial charge in [0.05, 0.1) is 4.91 Å². The first-order chi connectivity index (χ1) is 18.2. The number of rotatable bonds is 8. The molecule has 6 nitrogen and oxygen atoms in total. The van der Waals surface area contributed by atoms with Crippen LogP contribution in [0.3, 0.4) is 0 Å². The smallest absolute Gasteiger partial charge is 0.270 e. The van der Waals surface area contributed by atoms with E-state index in [1.165, 1.54) is 11.8 Å². The van der Waals surface area contributed by atoms with E-state index in [0.717, 1.165) is 55.7 Å². The molecule has 0 aliphatic carbocycles. The Labute approximate surface area is 235 Å². The lowest BCUT2D eigenvalue weighted by atomic mass is 9.91. The van der Waals surface area contributed by atoms with Gasteiger partial charge in [-0.05, 0) is 55.2 Å². The third kappa shape index (κ3) is 5.89. The van der Waals surface area contributed by atoms with Gasteiger partial charge in [-0.3, -0.25) is 19.1 Å². The van der Waals surface area contributed by atoms with Crippen LogP contribution in [0.15, 0.2) is 40.0 Å². The van der Waals surface area contributed by atoms with Crippen molar-refractivity contribution in [1.29, 1.82) is 5.26 Å². The van der Waals surface area contributed by atoms with Gasteiger partial charge in [0.15, 0.2) is 0 Å². The Morgan fingerprint density at radius 3 is 2.45 bits per heavy atom. The van der Waals surface area contributed by atoms with Crippen LogP contribution in [0, 0.1) is 30.1 Å². The first-order valence-electron chi connectivity index (χ1n) is 13.5. The van der Waals surface area contributed by atoms with Gasteiger partial charge in [0, 0.05) is 31.7 Å². The third-order valence-corrected chi connectivity index (χ3v) is 8.74. The highest BCUT2D eigenvalue weighted by Gasteiger charge is 2.34. The summed E-state index contributed by atoms with van der Waals surface area (Å²) in [4.78, 5) is 31.5. The summed E-state index contributed by atoms with van der Waals surface area (Å²) in [5, 5.41) is 9.94. The Hall–Kier alpha value is -2.89. The fourth-order valence-electron chi connectivity index (χ4n) is 5.55. The zero-order chi connectivity index (χ0) is 27.4. The summed E-state index contributed by atoms with van der Waals surface area (Å²) >= 11 is 6.91. The minimum atomic E-state index is -0.244. The van der Waals surface area contributed by atoms with Crippen molar-refractivity contribution in [1.82, 2.24) is 9.47 Å². The topological polar surface area (TPSA) is 69.3 Å². The monoisotopic (exact) mass is 548 g/mol. The number of unbranched alkanes of at least 4 members (excludes halogenated alkanes) is 1. The summed E-state index contributed by atoms with van der Waals surface area (Å²) in [7, 11) is 0. The average Bonchev–Trinajstić information content (AvgIpc) is 3.15. The van der Waals surface area contributed by atoms with Crippen LogP contribution >= 0.6 is 24.0 Å². The van der Waals surface area contributed by atoms with Gasteiger partial charge in [-0.2, -0.15) is 5.26 Å². The molecule has 2 aromatic rings. The molecular formula is C30H36N4O2S2. The maximum atomic E-state index is 13.5. The lowest BCUT2D eigenvalue weighted by Gasteiger charge is -2.39. The fourth-order valence-corrected chi connectivity index (χ4v) is 6.84. The van der Waals surface area contributed by atoms with Gasteiger partial charge >= 0.3 is 0 Å². The van der Waals surface area contributed by atoms with Crippen LogP contribution in [0.1, 0.15) is 62.3 Å². The van der Waals surface area contributed by atoms with Crippen LogP contribution in [0.5, 0.6) is 0 Å². The standard InChI is InChI=1S/C30H36N4O2S2/c1-5-6-13-33-27(32-18-20(2)15-21(3)19-32)24(22(4)25(17-31)28(33)35)16-26-29(36)34(30(37)38-26)14-12-23-10-8-7-9-11-23/h7-11,16,20-21H,5-6,12-15,18-19H2,1-4H3/b26-16-. The van der Waals surface area contributed by atoms with E-state index in [0.29, 0.717) is 39.7 Å². The van der Waals surface area contributed by atoms with Gasteiger partial charge < -0.3 is 4.90 Å². The number of hydrogen-bond donors (Lipinski definition) is 0. The summed E-state index contributed by atoms with van der Waals surface area (Å²) < 4.78 is 2.32. The Bertz CT molecular complexity index is 1330. The second-order valence-corrected chi connectivity index (χ2v) is 12.3. The summed E-state index contributed by atoms with van der Waals surface area (Å²) in [6, 6.07) is 12.2. The van der Waals surface area contributed by atoms with E-state index in [-0.39, 0.29) is 17.0 Å². The predicted octanol–water partition coefficient (Wildman–Crippen LogP) is 5.75. The van der Waals surface area contributed by atoms with Crippen molar-refractivity contribution >= 4 is 46.1 Å². The van der Waals surface area contributed by atoms with E-state index in [2.05, 4.69) is 31.7 Å². The molecule has 2 aliphatic heterocycles. The molecule has 2 saturated heterocycles. The van der Waals surface area contributed by atoms with E-state index in [9.17, 15) is 14.9 Å². The molecule has 4 rings (SSSR count). The molecule has 200 valence electrons. The number of carbonyl (C=O) groups excluding carboxylic acids is 1. The number of nitriles is 1. The number of aromatic nitrogens is 1. The predicted molar refractivity (Wildman–Crippen MR) is 160 cm³/mol. The normalized spacial score (nSPS) is 20.9. The van der Waals surface area contributed by atoms with Crippen LogP contribution < -0.4 is 10.5 Å². The number of thioether (sulfide) groups is 1. The zero-order valence-electron chi connectivity index (χ0n) is 22.7.